The maximum atomic E-state index is 11.4. The van der Waals surface area contributed by atoms with Crippen LogP contribution in [0.3, 0.4) is 0 Å². The number of rotatable bonds is 2. The fourth-order valence-corrected chi connectivity index (χ4v) is 1.04. The lowest BCUT2D eigenvalue weighted by molar-refractivity contribution is 0.0168. The number of carbonyl (C=O) groups excluding carboxylic acids is 1. The van der Waals surface area contributed by atoms with Crippen LogP contribution in [0.15, 0.2) is 0 Å². The van der Waals surface area contributed by atoms with Gasteiger partial charge in [-0.05, 0) is 6.92 Å². The number of hydrogen-bond donors (Lipinski definition) is 1. The van der Waals surface area contributed by atoms with Crippen LogP contribution in [0, 0.1) is 0 Å². The Morgan fingerprint density at radius 1 is 1.62 bits per heavy atom. The van der Waals surface area contributed by atoms with Gasteiger partial charge in [-0.1, -0.05) is 0 Å². The van der Waals surface area contributed by atoms with E-state index in [1.165, 1.54) is 0 Å². The molecule has 1 fully saturated rings. The average molecular weight is 188 g/mol. The Balaban J connectivity index is 2.29. The highest BCUT2D eigenvalue weighted by Gasteiger charge is 2.19. The van der Waals surface area contributed by atoms with Crippen molar-refractivity contribution < 1.29 is 14.3 Å². The molecule has 1 heterocycles. The average Bonchev–Trinajstić information content (AvgIpc) is 2.19. The fraction of sp³-hybridized carbons (Fsp3) is 0.875. The molecule has 1 amide bonds. The van der Waals surface area contributed by atoms with Crippen molar-refractivity contribution >= 4 is 6.09 Å². The molecule has 0 aromatic rings. The molecular weight excluding hydrogens is 172 g/mol. The van der Waals surface area contributed by atoms with E-state index in [1.54, 1.807) is 11.8 Å². The van der Waals surface area contributed by atoms with Crippen LogP contribution in [0.25, 0.3) is 0 Å². The summed E-state index contributed by atoms with van der Waals surface area (Å²) >= 11 is 0. The Morgan fingerprint density at radius 3 is 2.77 bits per heavy atom. The van der Waals surface area contributed by atoms with Gasteiger partial charge in [-0.15, -0.1) is 0 Å². The highest BCUT2D eigenvalue weighted by molar-refractivity contribution is 5.67. The first-order valence-electron chi connectivity index (χ1n) is 4.47. The zero-order valence-electron chi connectivity index (χ0n) is 7.86. The molecule has 0 aromatic carbocycles. The van der Waals surface area contributed by atoms with Crippen molar-refractivity contribution in [3.63, 3.8) is 0 Å². The first-order chi connectivity index (χ1) is 6.24. The van der Waals surface area contributed by atoms with Gasteiger partial charge < -0.3 is 20.1 Å². The third kappa shape index (κ3) is 3.20. The molecule has 0 spiro atoms. The van der Waals surface area contributed by atoms with Crippen LogP contribution >= 0.6 is 0 Å². The van der Waals surface area contributed by atoms with Crippen LogP contribution in [0.4, 0.5) is 4.79 Å². The molecule has 2 N–H and O–H groups in total. The van der Waals surface area contributed by atoms with Crippen LogP contribution < -0.4 is 5.73 Å². The zero-order valence-corrected chi connectivity index (χ0v) is 7.86. The summed E-state index contributed by atoms with van der Waals surface area (Å²) in [6.07, 6.45) is -0.503. The Bertz CT molecular complexity index is 169. The van der Waals surface area contributed by atoms with Crippen LogP contribution in [0.1, 0.15) is 6.92 Å². The quantitative estimate of drug-likeness (QED) is 0.652. The van der Waals surface area contributed by atoms with Gasteiger partial charge in [-0.3, -0.25) is 0 Å². The van der Waals surface area contributed by atoms with Gasteiger partial charge in [-0.25, -0.2) is 4.79 Å². The van der Waals surface area contributed by atoms with Gasteiger partial charge in [0, 0.05) is 19.6 Å². The summed E-state index contributed by atoms with van der Waals surface area (Å²) < 4.78 is 10.2. The molecule has 76 valence electrons. The van der Waals surface area contributed by atoms with Gasteiger partial charge in [-0.2, -0.15) is 0 Å². The second-order valence-electron chi connectivity index (χ2n) is 3.03. The van der Waals surface area contributed by atoms with Crippen molar-refractivity contribution in [3.05, 3.63) is 0 Å². The first kappa shape index (κ1) is 10.3. The number of ether oxygens (including phenoxy) is 2. The highest BCUT2D eigenvalue weighted by Crippen LogP contribution is 2.01. The molecule has 1 aliphatic heterocycles. The van der Waals surface area contributed by atoms with Crippen LogP contribution in [0.5, 0.6) is 0 Å². The summed E-state index contributed by atoms with van der Waals surface area (Å²) in [6, 6.07) is 0. The molecular formula is C8H16N2O3. The van der Waals surface area contributed by atoms with Crippen molar-refractivity contribution in [2.75, 3.05) is 32.8 Å². The fourth-order valence-electron chi connectivity index (χ4n) is 1.04. The van der Waals surface area contributed by atoms with Gasteiger partial charge in [0.1, 0.15) is 6.10 Å². The Kier molecular flexibility index (Phi) is 3.98. The third-order valence-electron chi connectivity index (χ3n) is 1.90. The van der Waals surface area contributed by atoms with E-state index in [-0.39, 0.29) is 12.2 Å². The van der Waals surface area contributed by atoms with Crippen LogP contribution in [0.2, 0.25) is 0 Å². The number of hydrogen-bond acceptors (Lipinski definition) is 4. The van der Waals surface area contributed by atoms with Crippen molar-refractivity contribution in [2.45, 2.75) is 13.0 Å². The van der Waals surface area contributed by atoms with Gasteiger partial charge in [0.25, 0.3) is 0 Å². The van der Waals surface area contributed by atoms with E-state index in [9.17, 15) is 4.79 Å². The number of morpholine rings is 1. The smallest absolute Gasteiger partial charge is 0.410 e. The van der Waals surface area contributed by atoms with E-state index >= 15 is 0 Å². The number of amides is 1. The summed E-state index contributed by atoms with van der Waals surface area (Å²) in [5, 5.41) is 0. The molecule has 1 rings (SSSR count). The summed E-state index contributed by atoms with van der Waals surface area (Å²) in [6.45, 7) is 4.53. The van der Waals surface area contributed by atoms with Crippen molar-refractivity contribution in [1.82, 2.24) is 4.90 Å². The summed E-state index contributed by atoms with van der Waals surface area (Å²) in [5.74, 6) is 0. The lowest BCUT2D eigenvalue weighted by Crippen LogP contribution is -2.42. The van der Waals surface area contributed by atoms with Crippen molar-refractivity contribution in [1.29, 1.82) is 0 Å². The van der Waals surface area contributed by atoms with E-state index in [0.29, 0.717) is 32.8 Å². The molecule has 1 aliphatic rings. The number of carbonyl (C=O) groups is 1. The topological polar surface area (TPSA) is 64.8 Å². The minimum absolute atomic E-state index is 0.213. The van der Waals surface area contributed by atoms with Gasteiger partial charge in [0.05, 0.1) is 13.2 Å². The Labute approximate surface area is 77.8 Å². The molecule has 5 heteroatoms. The predicted octanol–water partition coefficient (Wildman–Crippen LogP) is -0.198. The normalized spacial score (nSPS) is 19.7. The largest absolute Gasteiger partial charge is 0.445 e. The van der Waals surface area contributed by atoms with E-state index in [0.717, 1.165) is 0 Å². The second-order valence-corrected chi connectivity index (χ2v) is 3.03. The maximum Gasteiger partial charge on any atom is 0.410 e. The SMILES string of the molecule is CC(CN)OC(=O)N1CCOCC1. The zero-order chi connectivity index (χ0) is 9.68. The van der Waals surface area contributed by atoms with Crippen molar-refractivity contribution in [2.24, 2.45) is 5.73 Å². The number of nitrogens with two attached hydrogens (primary N) is 1. The van der Waals surface area contributed by atoms with Crippen LogP contribution in [-0.2, 0) is 9.47 Å². The minimum Gasteiger partial charge on any atom is -0.445 e. The molecule has 0 aromatic heterocycles. The monoisotopic (exact) mass is 188 g/mol. The van der Waals surface area contributed by atoms with Crippen molar-refractivity contribution in [3.8, 4) is 0 Å². The molecule has 13 heavy (non-hydrogen) atoms. The Morgan fingerprint density at radius 2 is 2.23 bits per heavy atom. The minimum atomic E-state index is -0.291. The third-order valence-corrected chi connectivity index (χ3v) is 1.90. The number of nitrogens with zero attached hydrogens (tertiary/aromatic N) is 1. The highest BCUT2D eigenvalue weighted by atomic mass is 16.6. The van der Waals surface area contributed by atoms with Crippen LogP contribution in [-0.4, -0.2) is 49.9 Å². The molecule has 0 aliphatic carbocycles. The van der Waals surface area contributed by atoms with E-state index in [4.69, 9.17) is 15.2 Å². The van der Waals surface area contributed by atoms with E-state index in [2.05, 4.69) is 0 Å². The predicted molar refractivity (Wildman–Crippen MR) is 47.4 cm³/mol. The molecule has 1 atom stereocenters. The van der Waals surface area contributed by atoms with E-state index < -0.39 is 0 Å². The summed E-state index contributed by atoms with van der Waals surface area (Å²) in [7, 11) is 0. The second kappa shape index (κ2) is 5.04. The molecule has 1 saturated heterocycles. The first-order valence-corrected chi connectivity index (χ1v) is 4.47. The Hall–Kier alpha value is -0.810. The van der Waals surface area contributed by atoms with E-state index in [1.807, 2.05) is 0 Å². The molecule has 0 saturated carbocycles. The van der Waals surface area contributed by atoms with Gasteiger partial charge in [0.15, 0.2) is 0 Å². The van der Waals surface area contributed by atoms with Gasteiger partial charge >= 0.3 is 6.09 Å². The van der Waals surface area contributed by atoms with Gasteiger partial charge in [0.2, 0.25) is 0 Å². The maximum absolute atomic E-state index is 11.4. The standard InChI is InChI=1S/C8H16N2O3/c1-7(6-9)13-8(11)10-2-4-12-5-3-10/h7H,2-6,9H2,1H3. The lowest BCUT2D eigenvalue weighted by Gasteiger charge is -2.27. The molecule has 1 unspecified atom stereocenters. The lowest BCUT2D eigenvalue weighted by atomic mass is 10.4. The summed E-state index contributed by atoms with van der Waals surface area (Å²) in [4.78, 5) is 13.0. The summed E-state index contributed by atoms with van der Waals surface area (Å²) in [5.41, 5.74) is 5.33. The molecule has 0 bridgehead atoms. The molecule has 0 radical (unpaired) electrons. The molecule has 5 nitrogen and oxygen atoms in total.